The molecular weight excluding hydrogens is 165 g/mol. The van der Waals surface area contributed by atoms with E-state index < -0.39 is 8.18 Å². The van der Waals surface area contributed by atoms with Gasteiger partial charge in [0.15, 0.2) is 0 Å². The van der Waals surface area contributed by atoms with Gasteiger partial charge in [-0.15, -0.1) is 0 Å². The van der Waals surface area contributed by atoms with Gasteiger partial charge in [0.1, 0.15) is 0 Å². The van der Waals surface area contributed by atoms with Crippen LogP contribution in [-0.4, -0.2) is 6.61 Å². The lowest BCUT2D eigenvalue weighted by molar-refractivity contribution is 0.318. The molecule has 6 heteroatoms. The molecule has 0 aromatic carbocycles. The Morgan fingerprint density at radius 2 is 2.36 bits per heavy atom. The Balaban J connectivity index is 3.24. The SMILES string of the molecule is CCCCCO[PH](=O)N=[N+]=[N-]. The second-order valence-corrected chi connectivity index (χ2v) is 3.03. The highest BCUT2D eigenvalue weighted by Crippen LogP contribution is 2.23. The number of nitrogens with zero attached hydrogens (tertiary/aromatic N) is 3. The largest absolute Gasteiger partial charge is 0.326 e. The topological polar surface area (TPSA) is 75.1 Å². The molecule has 0 rings (SSSR count). The molecule has 0 saturated heterocycles. The summed E-state index contributed by atoms with van der Waals surface area (Å²) in [6, 6.07) is 0. The minimum atomic E-state index is -2.46. The van der Waals surface area contributed by atoms with Gasteiger partial charge >= 0.3 is 0 Å². The fourth-order valence-electron chi connectivity index (χ4n) is 0.577. The van der Waals surface area contributed by atoms with Crippen LogP contribution in [0, 0.1) is 0 Å². The first-order chi connectivity index (χ1) is 5.31. The van der Waals surface area contributed by atoms with Crippen molar-refractivity contribution in [2.24, 2.45) is 4.88 Å². The molecule has 0 aliphatic carbocycles. The quantitative estimate of drug-likeness (QED) is 0.205. The summed E-state index contributed by atoms with van der Waals surface area (Å²) in [7, 11) is -2.46. The molecule has 0 spiro atoms. The van der Waals surface area contributed by atoms with Crippen molar-refractivity contribution in [2.75, 3.05) is 6.61 Å². The van der Waals surface area contributed by atoms with Gasteiger partial charge < -0.3 is 4.52 Å². The average molecular weight is 177 g/mol. The predicted molar refractivity (Wildman–Crippen MR) is 43.6 cm³/mol. The van der Waals surface area contributed by atoms with Crippen LogP contribution in [0.2, 0.25) is 0 Å². The van der Waals surface area contributed by atoms with E-state index in [1.807, 2.05) is 0 Å². The van der Waals surface area contributed by atoms with Crippen molar-refractivity contribution in [3.8, 4) is 0 Å². The second-order valence-electron chi connectivity index (χ2n) is 2.01. The van der Waals surface area contributed by atoms with Crippen LogP contribution in [-0.2, 0) is 9.09 Å². The van der Waals surface area contributed by atoms with Crippen LogP contribution < -0.4 is 0 Å². The fourth-order valence-corrected chi connectivity index (χ4v) is 1.03. The molecule has 0 heterocycles. The zero-order valence-corrected chi connectivity index (χ0v) is 7.49. The van der Waals surface area contributed by atoms with Crippen molar-refractivity contribution in [1.82, 2.24) is 0 Å². The maximum atomic E-state index is 10.5. The van der Waals surface area contributed by atoms with E-state index in [1.54, 1.807) is 0 Å². The molecule has 0 bridgehead atoms. The van der Waals surface area contributed by atoms with Gasteiger partial charge in [0, 0.05) is 4.91 Å². The molecule has 0 amide bonds. The highest BCUT2D eigenvalue weighted by molar-refractivity contribution is 7.37. The van der Waals surface area contributed by atoms with E-state index >= 15 is 0 Å². The average Bonchev–Trinajstić information content (AvgIpc) is 1.99. The molecule has 0 fully saturated rings. The molecule has 1 atom stereocenters. The third-order valence-electron chi connectivity index (χ3n) is 1.10. The monoisotopic (exact) mass is 177 g/mol. The van der Waals surface area contributed by atoms with Gasteiger partial charge in [-0.3, -0.25) is 4.57 Å². The molecule has 0 radical (unpaired) electrons. The minimum absolute atomic E-state index is 0.421. The smallest absolute Gasteiger partial charge is 0.278 e. The Morgan fingerprint density at radius 3 is 2.91 bits per heavy atom. The number of hydrogen-bond acceptors (Lipinski definition) is 2. The summed E-state index contributed by atoms with van der Waals surface area (Å²) in [6.45, 7) is 2.49. The summed E-state index contributed by atoms with van der Waals surface area (Å²) in [5, 5.41) is 0. The van der Waals surface area contributed by atoms with Crippen LogP contribution in [0.5, 0.6) is 0 Å². The lowest BCUT2D eigenvalue weighted by Crippen LogP contribution is -1.84. The molecule has 1 unspecified atom stereocenters. The van der Waals surface area contributed by atoms with Gasteiger partial charge in [-0.25, -0.2) is 0 Å². The first-order valence-electron chi connectivity index (χ1n) is 3.53. The van der Waals surface area contributed by atoms with E-state index in [0.29, 0.717) is 6.61 Å². The maximum absolute atomic E-state index is 10.5. The highest BCUT2D eigenvalue weighted by atomic mass is 31.1. The van der Waals surface area contributed by atoms with E-state index in [1.165, 1.54) is 0 Å². The van der Waals surface area contributed by atoms with Crippen molar-refractivity contribution in [2.45, 2.75) is 26.2 Å². The van der Waals surface area contributed by atoms with Gasteiger partial charge in [-0.2, -0.15) is 0 Å². The highest BCUT2D eigenvalue weighted by Gasteiger charge is 1.92. The summed E-state index contributed by atoms with van der Waals surface area (Å²) in [6.07, 6.45) is 3.01. The molecule has 0 aromatic heterocycles. The molecule has 5 nitrogen and oxygen atoms in total. The maximum Gasteiger partial charge on any atom is 0.278 e. The lowest BCUT2D eigenvalue weighted by Gasteiger charge is -1.97. The van der Waals surface area contributed by atoms with E-state index in [2.05, 4.69) is 16.7 Å². The lowest BCUT2D eigenvalue weighted by atomic mass is 10.3. The number of unbranched alkanes of at least 4 members (excludes halogenated alkanes) is 2. The van der Waals surface area contributed by atoms with Gasteiger partial charge in [0.25, 0.3) is 8.18 Å². The zero-order valence-electron chi connectivity index (χ0n) is 6.49. The van der Waals surface area contributed by atoms with Crippen molar-refractivity contribution >= 4 is 8.18 Å². The van der Waals surface area contributed by atoms with E-state index in [4.69, 9.17) is 10.1 Å². The number of hydrogen-bond donors (Lipinski definition) is 0. The number of azide groups is 1. The first kappa shape index (κ1) is 10.5. The van der Waals surface area contributed by atoms with Gasteiger partial charge in [0.2, 0.25) is 0 Å². The van der Waals surface area contributed by atoms with Crippen LogP contribution in [0.4, 0.5) is 0 Å². The minimum Gasteiger partial charge on any atom is -0.326 e. The van der Waals surface area contributed by atoms with Gasteiger partial charge in [-0.1, -0.05) is 19.8 Å². The van der Waals surface area contributed by atoms with Crippen LogP contribution in [0.25, 0.3) is 10.4 Å². The third-order valence-corrected chi connectivity index (χ3v) is 1.80. The number of rotatable bonds is 6. The normalized spacial score (nSPS) is 12.1. The Kier molecular flexibility index (Phi) is 7.26. The fraction of sp³-hybridized carbons (Fsp3) is 1.00. The van der Waals surface area contributed by atoms with Crippen LogP contribution in [0.3, 0.4) is 0 Å². The van der Waals surface area contributed by atoms with E-state index in [-0.39, 0.29) is 0 Å². The molecule has 0 N–H and O–H groups in total. The molecule has 0 saturated carbocycles. The van der Waals surface area contributed by atoms with Gasteiger partial charge in [0.05, 0.1) is 6.61 Å². The second kappa shape index (κ2) is 7.61. The molecule has 64 valence electrons. The molecule has 0 aliphatic rings. The Hall–Kier alpha value is -0.500. The van der Waals surface area contributed by atoms with Crippen LogP contribution in [0.1, 0.15) is 26.2 Å². The summed E-state index contributed by atoms with van der Waals surface area (Å²) in [5.74, 6) is 0. The zero-order chi connectivity index (χ0) is 8.53. The summed E-state index contributed by atoms with van der Waals surface area (Å²) in [4.78, 5) is 5.29. The Bertz CT molecular complexity index is 167. The van der Waals surface area contributed by atoms with Crippen molar-refractivity contribution < 1.29 is 9.09 Å². The van der Waals surface area contributed by atoms with Crippen LogP contribution >= 0.6 is 8.18 Å². The summed E-state index contributed by atoms with van der Waals surface area (Å²) in [5.41, 5.74) is 7.84. The van der Waals surface area contributed by atoms with Crippen LogP contribution in [0.15, 0.2) is 4.88 Å². The summed E-state index contributed by atoms with van der Waals surface area (Å²) >= 11 is 0. The molecule has 11 heavy (non-hydrogen) atoms. The Labute approximate surface area is 66.3 Å². The molecule has 0 aromatic rings. The van der Waals surface area contributed by atoms with Crippen molar-refractivity contribution in [1.29, 1.82) is 0 Å². The summed E-state index contributed by atoms with van der Waals surface area (Å²) < 4.78 is 15.3. The molecule has 0 aliphatic heterocycles. The van der Waals surface area contributed by atoms with E-state index in [0.717, 1.165) is 19.3 Å². The predicted octanol–water partition coefficient (Wildman–Crippen LogP) is 2.89. The van der Waals surface area contributed by atoms with Crippen molar-refractivity contribution in [3.05, 3.63) is 10.4 Å². The van der Waals surface area contributed by atoms with Crippen molar-refractivity contribution in [3.63, 3.8) is 0 Å². The first-order valence-corrected chi connectivity index (χ1v) is 4.79. The van der Waals surface area contributed by atoms with Gasteiger partial charge in [-0.05, 0) is 16.8 Å². The standard InChI is InChI=1S/C5H12N3O2P/c1-2-3-4-5-10-11(9)8-7-6/h11H,2-5H2,1H3. The third kappa shape index (κ3) is 7.40. The van der Waals surface area contributed by atoms with E-state index in [9.17, 15) is 4.57 Å². The molecular formula is C5H12N3O2P. The Morgan fingerprint density at radius 1 is 1.64 bits per heavy atom.